The summed E-state index contributed by atoms with van der Waals surface area (Å²) >= 11 is 0. The van der Waals surface area contributed by atoms with Crippen LogP contribution in [0.3, 0.4) is 0 Å². The van der Waals surface area contributed by atoms with Crippen molar-refractivity contribution in [1.29, 1.82) is 0 Å². The summed E-state index contributed by atoms with van der Waals surface area (Å²) in [5, 5.41) is 0. The summed E-state index contributed by atoms with van der Waals surface area (Å²) in [6.07, 6.45) is 0. The molecule has 0 N–H and O–H groups in total. The maximum atomic E-state index is 8.55. The third kappa shape index (κ3) is 180. The van der Waals surface area contributed by atoms with Crippen molar-refractivity contribution in [1.82, 2.24) is 0 Å². The molecular formula is AlO4PW12. The Kier molecular flexibility index (Phi) is 436. The molecule has 0 heterocycles. The summed E-state index contributed by atoms with van der Waals surface area (Å²) < 4.78 is 8.55. The number of hydrogen-bond acceptors (Lipinski definition) is 4. The van der Waals surface area contributed by atoms with Crippen molar-refractivity contribution in [3.8, 4) is 0 Å². The van der Waals surface area contributed by atoms with Gasteiger partial charge in [-0.2, -0.15) is 7.82 Å². The van der Waals surface area contributed by atoms with Crippen LogP contribution in [0.25, 0.3) is 0 Å². The van der Waals surface area contributed by atoms with Gasteiger partial charge in [0, 0.05) is 253 Å². The molecular weight excluding hydrogens is 2330 g/mol. The second kappa shape index (κ2) is 72.3. The molecule has 18 heavy (non-hydrogen) atoms. The van der Waals surface area contributed by atoms with Crippen molar-refractivity contribution in [3.05, 3.63) is 0 Å². The minimum atomic E-state index is -5.39. The second-order valence-electron chi connectivity index (χ2n) is 0.447. The number of rotatable bonds is 0. The summed E-state index contributed by atoms with van der Waals surface area (Å²) in [5.74, 6) is 0. The van der Waals surface area contributed by atoms with E-state index in [2.05, 4.69) is 0 Å². The van der Waals surface area contributed by atoms with Gasteiger partial charge in [-0.25, -0.2) is 0 Å². The smallest absolute Gasteiger partial charge is 0.822 e. The molecule has 0 saturated heterocycles. The predicted octanol–water partition coefficient (Wildman–Crippen LogP) is -3.24. The molecule has 0 unspecified atom stereocenters. The van der Waals surface area contributed by atoms with Gasteiger partial charge in [0.25, 0.3) is 0 Å². The van der Waals surface area contributed by atoms with Crippen LogP contribution in [0.5, 0.6) is 0 Å². The Labute approximate surface area is 290 Å². The molecule has 0 aliphatic heterocycles. The summed E-state index contributed by atoms with van der Waals surface area (Å²) in [6, 6.07) is 0. The zero-order valence-electron chi connectivity index (χ0n) is 7.56. The van der Waals surface area contributed by atoms with Crippen LogP contribution < -0.4 is 14.7 Å². The summed E-state index contributed by atoms with van der Waals surface area (Å²) in [4.78, 5) is 25.6. The summed E-state index contributed by atoms with van der Waals surface area (Å²) in [6.45, 7) is 0. The molecule has 0 saturated carbocycles. The Morgan fingerprint density at radius 1 is 0.444 bits per heavy atom. The third-order valence-corrected chi connectivity index (χ3v) is 0. The molecule has 4 nitrogen and oxygen atoms in total. The van der Waals surface area contributed by atoms with E-state index in [1.807, 2.05) is 0 Å². The summed E-state index contributed by atoms with van der Waals surface area (Å²) in [7, 11) is -5.39. The van der Waals surface area contributed by atoms with Crippen LogP contribution in [0.1, 0.15) is 0 Å². The van der Waals surface area contributed by atoms with Crippen LogP contribution in [0.4, 0.5) is 0 Å². The van der Waals surface area contributed by atoms with E-state index in [0.717, 1.165) is 0 Å². The van der Waals surface area contributed by atoms with E-state index in [4.69, 9.17) is 19.2 Å². The van der Waals surface area contributed by atoms with E-state index in [-0.39, 0.29) is 270 Å². The van der Waals surface area contributed by atoms with Gasteiger partial charge in [0.05, 0.1) is 0 Å². The topological polar surface area (TPSA) is 86.2 Å². The van der Waals surface area contributed by atoms with Gasteiger partial charge >= 0.3 is 17.4 Å². The van der Waals surface area contributed by atoms with Crippen molar-refractivity contribution in [2.24, 2.45) is 0 Å². The summed E-state index contributed by atoms with van der Waals surface area (Å²) in [5.41, 5.74) is 0. The quantitative estimate of drug-likeness (QED) is 0.189. The second-order valence-corrected chi connectivity index (χ2v) is 1.34. The largest absolute Gasteiger partial charge is 3.00 e. The first-order valence-electron chi connectivity index (χ1n) is 0.730. The Morgan fingerprint density at radius 2 is 0.444 bits per heavy atom. The third-order valence-electron chi connectivity index (χ3n) is 0. The Bertz CT molecular complexity index is 70.2. The molecule has 0 spiro atoms. The maximum Gasteiger partial charge on any atom is 3.00 e. The SMILES string of the molecule is O=P([O-])([O-])[O-].[Al+3].[W].[W].[W].[W].[W].[W].[W].[W].[W].[W].[W].[W]. The molecule has 0 aromatic rings. The normalized spacial score (nSPS) is 3.28. The standard InChI is InChI=1S/Al.H3O4P.12W/c;1-5(2,3)4;;;;;;;;;;;;/h;(H3,1,2,3,4);;;;;;;;;;;;/q+3;;;;;;;;;;;;;/p-3. The monoisotopic (exact) mass is 2330 g/mol. The zero-order chi connectivity index (χ0) is 4.50. The van der Waals surface area contributed by atoms with Gasteiger partial charge in [-0.05, 0) is 0 Å². The number of hydrogen-bond donors (Lipinski definition) is 0. The molecule has 0 amide bonds. The molecule has 0 aromatic heterocycles. The van der Waals surface area contributed by atoms with Gasteiger partial charge in [0.15, 0.2) is 0 Å². The number of phosphoric acid groups is 1. The molecule has 0 bridgehead atoms. The van der Waals surface area contributed by atoms with Crippen LogP contribution in [0, 0.1) is 0 Å². The molecule has 0 aliphatic carbocycles. The van der Waals surface area contributed by atoms with Crippen LogP contribution in [-0.2, 0) is 257 Å². The Morgan fingerprint density at radius 3 is 0.444 bits per heavy atom. The maximum absolute atomic E-state index is 8.55. The molecule has 0 aliphatic rings. The van der Waals surface area contributed by atoms with Gasteiger partial charge in [-0.1, -0.05) is 0 Å². The first kappa shape index (κ1) is 108. The van der Waals surface area contributed by atoms with E-state index in [0.29, 0.717) is 0 Å². The van der Waals surface area contributed by atoms with Crippen LogP contribution >= 0.6 is 7.82 Å². The molecule has 0 fully saturated rings. The van der Waals surface area contributed by atoms with Gasteiger partial charge < -0.3 is 19.2 Å². The van der Waals surface area contributed by atoms with Crippen molar-refractivity contribution in [2.45, 2.75) is 0 Å². The molecule has 0 radical (unpaired) electrons. The van der Waals surface area contributed by atoms with Gasteiger partial charge in [0.2, 0.25) is 0 Å². The zero-order valence-corrected chi connectivity index (χ0v) is 44.8. The van der Waals surface area contributed by atoms with E-state index in [1.54, 1.807) is 0 Å². The van der Waals surface area contributed by atoms with Crippen molar-refractivity contribution in [3.63, 3.8) is 0 Å². The molecule has 0 aromatic carbocycles. The van der Waals surface area contributed by atoms with Crippen molar-refractivity contribution >= 4 is 25.2 Å². The van der Waals surface area contributed by atoms with E-state index in [1.165, 1.54) is 0 Å². The molecule has 18 heteroatoms. The molecule has 104 valence electrons. The Balaban J connectivity index is -0.00000000103. The van der Waals surface area contributed by atoms with Crippen molar-refractivity contribution in [2.75, 3.05) is 0 Å². The fourth-order valence-corrected chi connectivity index (χ4v) is 0. The van der Waals surface area contributed by atoms with Crippen molar-refractivity contribution < 1.29 is 272 Å². The van der Waals surface area contributed by atoms with Crippen LogP contribution in [0.2, 0.25) is 0 Å². The molecule has 0 rings (SSSR count). The first-order valence-corrected chi connectivity index (χ1v) is 2.19. The van der Waals surface area contributed by atoms with Gasteiger partial charge in [0.1, 0.15) is 0 Å². The van der Waals surface area contributed by atoms with Gasteiger partial charge in [-0.3, -0.25) is 0 Å². The average Bonchev–Trinajstić information content (AvgIpc) is 0.722. The fraction of sp³-hybridized carbons (Fsp3) is 0. The van der Waals surface area contributed by atoms with E-state index < -0.39 is 7.82 Å². The molecule has 0 atom stereocenters. The minimum Gasteiger partial charge on any atom is -0.822 e. The minimum absolute atomic E-state index is 0. The van der Waals surface area contributed by atoms with E-state index in [9.17, 15) is 0 Å². The van der Waals surface area contributed by atoms with Gasteiger partial charge in [-0.15, -0.1) is 0 Å². The average molecular weight is 2330 g/mol. The fourth-order valence-electron chi connectivity index (χ4n) is 0. The predicted molar refractivity (Wildman–Crippen MR) is 13.4 cm³/mol. The van der Waals surface area contributed by atoms with E-state index >= 15 is 0 Å². The van der Waals surface area contributed by atoms with Crippen LogP contribution in [0.15, 0.2) is 0 Å². The van der Waals surface area contributed by atoms with Crippen LogP contribution in [-0.4, -0.2) is 17.4 Å². The first-order chi connectivity index (χ1) is 2.00. The Hall–Kier alpha value is 8.90.